The Bertz CT molecular complexity index is 729. The summed E-state index contributed by atoms with van der Waals surface area (Å²) in [5, 5.41) is 7.95. The molecule has 0 bridgehead atoms. The molecule has 1 atom stereocenters. The molecule has 0 saturated carbocycles. The number of hydrogen-bond acceptors (Lipinski definition) is 4. The number of nitrogens with zero attached hydrogens (tertiary/aromatic N) is 1. The minimum Gasteiger partial charge on any atom is -0.461 e. The van der Waals surface area contributed by atoms with Crippen molar-refractivity contribution in [3.8, 4) is 0 Å². The Morgan fingerprint density at radius 1 is 1.30 bits per heavy atom. The van der Waals surface area contributed by atoms with Crippen molar-refractivity contribution in [3.63, 3.8) is 0 Å². The molecule has 104 valence electrons. The average Bonchev–Trinajstić information content (AvgIpc) is 2.99. The Morgan fingerprint density at radius 2 is 2.10 bits per heavy atom. The molecule has 0 radical (unpaired) electrons. The number of hydrogen-bond donors (Lipinski definition) is 1. The zero-order valence-corrected chi connectivity index (χ0v) is 12.8. The topological polar surface area (TPSA) is 38.1 Å². The third-order valence-electron chi connectivity index (χ3n) is 3.49. The number of furan rings is 1. The number of fused-ring (bicyclic) bond motifs is 1. The van der Waals surface area contributed by atoms with Crippen molar-refractivity contribution in [2.24, 2.45) is 0 Å². The molecule has 0 aliphatic rings. The summed E-state index contributed by atoms with van der Waals surface area (Å²) in [5.74, 6) is 0.987. The van der Waals surface area contributed by atoms with Gasteiger partial charge in [-0.15, -0.1) is 11.3 Å². The van der Waals surface area contributed by atoms with Crippen molar-refractivity contribution in [2.75, 3.05) is 0 Å². The summed E-state index contributed by atoms with van der Waals surface area (Å²) in [5.41, 5.74) is 3.28. The first-order valence-corrected chi connectivity index (χ1v) is 7.65. The summed E-state index contributed by atoms with van der Waals surface area (Å²) in [7, 11) is 0. The number of para-hydroxylation sites is 1. The SMILES string of the molecule is Cc1csc(C(C)NCc2c(C)oc3ccccc23)n1. The number of benzene rings is 1. The van der Waals surface area contributed by atoms with E-state index in [0.29, 0.717) is 0 Å². The summed E-state index contributed by atoms with van der Waals surface area (Å²) in [6.07, 6.45) is 0. The van der Waals surface area contributed by atoms with Crippen molar-refractivity contribution in [1.29, 1.82) is 0 Å². The second-order valence-corrected chi connectivity index (χ2v) is 5.95. The highest BCUT2D eigenvalue weighted by molar-refractivity contribution is 7.09. The van der Waals surface area contributed by atoms with Gasteiger partial charge in [-0.25, -0.2) is 4.98 Å². The number of thiazole rings is 1. The Balaban J connectivity index is 1.78. The van der Waals surface area contributed by atoms with Gasteiger partial charge in [0.05, 0.1) is 6.04 Å². The van der Waals surface area contributed by atoms with Gasteiger partial charge in [0.15, 0.2) is 0 Å². The van der Waals surface area contributed by atoms with Gasteiger partial charge < -0.3 is 9.73 Å². The quantitative estimate of drug-likeness (QED) is 0.774. The van der Waals surface area contributed by atoms with Crippen LogP contribution in [0.1, 0.15) is 35.0 Å². The van der Waals surface area contributed by atoms with Crippen LogP contribution < -0.4 is 5.32 Å². The summed E-state index contributed by atoms with van der Waals surface area (Å²) in [6, 6.07) is 8.43. The minimum atomic E-state index is 0.252. The van der Waals surface area contributed by atoms with E-state index >= 15 is 0 Å². The van der Waals surface area contributed by atoms with Crippen molar-refractivity contribution in [2.45, 2.75) is 33.4 Å². The van der Waals surface area contributed by atoms with E-state index in [1.54, 1.807) is 11.3 Å². The predicted octanol–water partition coefficient (Wildman–Crippen LogP) is 4.36. The summed E-state index contributed by atoms with van der Waals surface area (Å²) in [6.45, 7) is 6.99. The zero-order chi connectivity index (χ0) is 14.1. The molecule has 0 fully saturated rings. The molecule has 1 N–H and O–H groups in total. The number of aryl methyl sites for hydroxylation is 2. The van der Waals surface area contributed by atoms with Crippen molar-refractivity contribution >= 4 is 22.3 Å². The zero-order valence-electron chi connectivity index (χ0n) is 11.9. The molecule has 0 spiro atoms. The van der Waals surface area contributed by atoms with Gasteiger partial charge in [0.2, 0.25) is 0 Å². The first-order chi connectivity index (χ1) is 9.65. The number of aromatic nitrogens is 1. The molecule has 3 rings (SSSR count). The summed E-state index contributed by atoms with van der Waals surface area (Å²) >= 11 is 1.71. The number of rotatable bonds is 4. The van der Waals surface area contributed by atoms with Gasteiger partial charge in [0.25, 0.3) is 0 Å². The highest BCUT2D eigenvalue weighted by Crippen LogP contribution is 2.26. The van der Waals surface area contributed by atoms with Crippen molar-refractivity contribution < 1.29 is 4.42 Å². The molecule has 3 nitrogen and oxygen atoms in total. The molecule has 1 aromatic carbocycles. The lowest BCUT2D eigenvalue weighted by Crippen LogP contribution is -2.18. The van der Waals surface area contributed by atoms with E-state index in [9.17, 15) is 0 Å². The van der Waals surface area contributed by atoms with Crippen LogP contribution in [0, 0.1) is 13.8 Å². The largest absolute Gasteiger partial charge is 0.461 e. The van der Waals surface area contributed by atoms with Crippen LogP contribution in [0.15, 0.2) is 34.1 Å². The molecule has 3 aromatic rings. The van der Waals surface area contributed by atoms with Gasteiger partial charge in [0, 0.05) is 28.6 Å². The molecule has 4 heteroatoms. The predicted molar refractivity (Wildman–Crippen MR) is 83.1 cm³/mol. The standard InChI is InChI=1S/C16H18N2OS/c1-10-9-20-16(18-10)11(2)17-8-14-12(3)19-15-7-5-4-6-13(14)15/h4-7,9,11,17H,8H2,1-3H3. The summed E-state index contributed by atoms with van der Waals surface area (Å²) < 4.78 is 5.79. The van der Waals surface area contributed by atoms with E-state index in [-0.39, 0.29) is 6.04 Å². The Labute approximate surface area is 122 Å². The van der Waals surface area contributed by atoms with Crippen molar-refractivity contribution in [1.82, 2.24) is 10.3 Å². The molecule has 1 unspecified atom stereocenters. The third-order valence-corrected chi connectivity index (χ3v) is 4.64. The lowest BCUT2D eigenvalue weighted by molar-refractivity contribution is 0.543. The Morgan fingerprint density at radius 3 is 2.85 bits per heavy atom. The highest BCUT2D eigenvalue weighted by Gasteiger charge is 2.13. The molecule has 0 aliphatic carbocycles. The molecular weight excluding hydrogens is 268 g/mol. The first-order valence-electron chi connectivity index (χ1n) is 6.77. The Hall–Kier alpha value is -1.65. The molecule has 0 saturated heterocycles. The van der Waals surface area contributed by atoms with E-state index in [4.69, 9.17) is 4.42 Å². The Kier molecular flexibility index (Phi) is 3.59. The highest BCUT2D eigenvalue weighted by atomic mass is 32.1. The summed E-state index contributed by atoms with van der Waals surface area (Å²) in [4.78, 5) is 4.53. The monoisotopic (exact) mass is 286 g/mol. The van der Waals surface area contributed by atoms with E-state index in [1.165, 1.54) is 10.9 Å². The molecule has 0 amide bonds. The molecule has 0 aliphatic heterocycles. The second kappa shape index (κ2) is 5.38. The van der Waals surface area contributed by atoms with Crippen molar-refractivity contribution in [3.05, 3.63) is 51.7 Å². The van der Waals surface area contributed by atoms with Crippen LogP contribution in [0.4, 0.5) is 0 Å². The fourth-order valence-corrected chi connectivity index (χ4v) is 3.18. The van der Waals surface area contributed by atoms with Gasteiger partial charge in [-0.2, -0.15) is 0 Å². The van der Waals surface area contributed by atoms with Crippen LogP contribution in [-0.4, -0.2) is 4.98 Å². The fraction of sp³-hybridized carbons (Fsp3) is 0.312. The maximum absolute atomic E-state index is 5.79. The lowest BCUT2D eigenvalue weighted by atomic mass is 10.1. The van der Waals surface area contributed by atoms with Crippen LogP contribution in [0.25, 0.3) is 11.0 Å². The van der Waals surface area contributed by atoms with Crippen LogP contribution in [-0.2, 0) is 6.54 Å². The van der Waals surface area contributed by atoms with E-state index in [2.05, 4.69) is 34.7 Å². The first kappa shape index (κ1) is 13.3. The average molecular weight is 286 g/mol. The smallest absolute Gasteiger partial charge is 0.134 e. The van der Waals surface area contributed by atoms with Gasteiger partial charge in [0.1, 0.15) is 16.4 Å². The lowest BCUT2D eigenvalue weighted by Gasteiger charge is -2.10. The molecular formula is C16H18N2OS. The fourth-order valence-electron chi connectivity index (χ4n) is 2.35. The van der Waals surface area contributed by atoms with Gasteiger partial charge in [-0.05, 0) is 26.8 Å². The van der Waals surface area contributed by atoms with Gasteiger partial charge in [-0.3, -0.25) is 0 Å². The van der Waals surface area contributed by atoms with Crippen LogP contribution in [0.5, 0.6) is 0 Å². The van der Waals surface area contributed by atoms with E-state index < -0.39 is 0 Å². The maximum Gasteiger partial charge on any atom is 0.134 e. The molecule has 2 aromatic heterocycles. The van der Waals surface area contributed by atoms with Crippen LogP contribution >= 0.6 is 11.3 Å². The minimum absolute atomic E-state index is 0.252. The maximum atomic E-state index is 5.79. The van der Waals surface area contributed by atoms with Crippen LogP contribution in [0.3, 0.4) is 0 Å². The van der Waals surface area contributed by atoms with Gasteiger partial charge in [-0.1, -0.05) is 18.2 Å². The second-order valence-electron chi connectivity index (χ2n) is 5.06. The molecule has 20 heavy (non-hydrogen) atoms. The third kappa shape index (κ3) is 2.49. The normalized spacial score (nSPS) is 12.9. The molecule has 2 heterocycles. The van der Waals surface area contributed by atoms with E-state index in [1.807, 2.05) is 26.0 Å². The number of nitrogens with one attached hydrogen (secondary N) is 1. The van der Waals surface area contributed by atoms with Gasteiger partial charge >= 0.3 is 0 Å². The van der Waals surface area contributed by atoms with E-state index in [0.717, 1.165) is 28.6 Å². The van der Waals surface area contributed by atoms with Crippen LogP contribution in [0.2, 0.25) is 0 Å².